The summed E-state index contributed by atoms with van der Waals surface area (Å²) in [6, 6.07) is 13.4. The Morgan fingerprint density at radius 1 is 1.17 bits per heavy atom. The Kier molecular flexibility index (Phi) is 5.22. The van der Waals surface area contributed by atoms with Crippen LogP contribution in [0.2, 0.25) is 5.02 Å². The second-order valence-electron chi connectivity index (χ2n) is 6.23. The monoisotopic (exact) mass is 344 g/mol. The summed E-state index contributed by atoms with van der Waals surface area (Å²) < 4.78 is 15.4. The van der Waals surface area contributed by atoms with E-state index in [1.165, 1.54) is 28.6 Å². The first-order valence-electron chi connectivity index (χ1n) is 8.32. The van der Waals surface area contributed by atoms with E-state index in [0.717, 1.165) is 18.5 Å². The van der Waals surface area contributed by atoms with Crippen LogP contribution >= 0.6 is 11.6 Å². The molecule has 0 spiro atoms. The number of benzene rings is 2. The zero-order valence-corrected chi connectivity index (χ0v) is 14.8. The van der Waals surface area contributed by atoms with E-state index < -0.39 is 0 Å². The summed E-state index contributed by atoms with van der Waals surface area (Å²) in [6.45, 7) is 5.83. The van der Waals surface area contributed by atoms with Crippen molar-refractivity contribution in [2.24, 2.45) is 0 Å². The topological polar surface area (TPSA) is 17.0 Å². The summed E-state index contributed by atoms with van der Waals surface area (Å²) in [5.41, 5.74) is 3.35. The van der Waals surface area contributed by atoms with Crippen LogP contribution in [0.15, 0.2) is 48.7 Å². The van der Waals surface area contributed by atoms with E-state index in [4.69, 9.17) is 11.6 Å². The second-order valence-corrected chi connectivity index (χ2v) is 6.63. The zero-order valence-electron chi connectivity index (χ0n) is 14.0. The van der Waals surface area contributed by atoms with Gasteiger partial charge in [0, 0.05) is 41.3 Å². The lowest BCUT2D eigenvalue weighted by molar-refractivity contribution is 0.535. The fourth-order valence-electron chi connectivity index (χ4n) is 2.86. The van der Waals surface area contributed by atoms with Gasteiger partial charge in [0.25, 0.3) is 0 Å². The van der Waals surface area contributed by atoms with Crippen molar-refractivity contribution in [3.8, 4) is 0 Å². The molecule has 0 radical (unpaired) electrons. The quantitative estimate of drug-likeness (QED) is 0.636. The summed E-state index contributed by atoms with van der Waals surface area (Å²) in [7, 11) is 0. The van der Waals surface area contributed by atoms with Crippen LogP contribution in [0.1, 0.15) is 31.4 Å². The van der Waals surface area contributed by atoms with E-state index in [1.54, 1.807) is 6.07 Å². The van der Waals surface area contributed by atoms with Gasteiger partial charge in [0.15, 0.2) is 0 Å². The first-order chi connectivity index (χ1) is 11.6. The van der Waals surface area contributed by atoms with Crippen LogP contribution in [0.5, 0.6) is 0 Å². The van der Waals surface area contributed by atoms with Crippen LogP contribution in [0.25, 0.3) is 10.9 Å². The van der Waals surface area contributed by atoms with Gasteiger partial charge in [-0.25, -0.2) is 4.39 Å². The molecule has 0 unspecified atom stereocenters. The number of fused-ring (bicyclic) bond motifs is 1. The second kappa shape index (κ2) is 7.37. The Hall–Kier alpha value is -1.84. The third-order valence-electron chi connectivity index (χ3n) is 4.48. The van der Waals surface area contributed by atoms with Gasteiger partial charge in [-0.05, 0) is 42.7 Å². The molecule has 0 saturated heterocycles. The first kappa shape index (κ1) is 17.0. The SMILES string of the molecule is CC[C@H](C)NCc1cn(Cc2ccc(F)cc2Cl)c2ccccc12. The van der Waals surface area contributed by atoms with Gasteiger partial charge in [0.1, 0.15) is 5.82 Å². The lowest BCUT2D eigenvalue weighted by Gasteiger charge is -2.10. The molecule has 0 aliphatic rings. The van der Waals surface area contributed by atoms with E-state index >= 15 is 0 Å². The molecule has 0 aliphatic heterocycles. The zero-order chi connectivity index (χ0) is 17.1. The van der Waals surface area contributed by atoms with Gasteiger partial charge < -0.3 is 9.88 Å². The molecule has 3 rings (SSSR count). The summed E-state index contributed by atoms with van der Waals surface area (Å²) in [5, 5.41) is 5.25. The lowest BCUT2D eigenvalue weighted by Crippen LogP contribution is -2.24. The highest BCUT2D eigenvalue weighted by Gasteiger charge is 2.11. The number of halogens is 2. The van der Waals surface area contributed by atoms with Gasteiger partial charge in [0.05, 0.1) is 0 Å². The number of aromatic nitrogens is 1. The van der Waals surface area contributed by atoms with Crippen LogP contribution in [0.4, 0.5) is 4.39 Å². The molecular formula is C20H22ClFN2. The average molecular weight is 345 g/mol. The summed E-state index contributed by atoms with van der Waals surface area (Å²) in [4.78, 5) is 0. The fourth-order valence-corrected chi connectivity index (χ4v) is 3.08. The van der Waals surface area contributed by atoms with Gasteiger partial charge in [-0.3, -0.25) is 0 Å². The molecule has 0 fully saturated rings. The minimum atomic E-state index is -0.306. The summed E-state index contributed by atoms with van der Waals surface area (Å²) >= 11 is 6.19. The number of rotatable bonds is 6. The van der Waals surface area contributed by atoms with Crippen LogP contribution in [-0.4, -0.2) is 10.6 Å². The van der Waals surface area contributed by atoms with Gasteiger partial charge in [0.2, 0.25) is 0 Å². The van der Waals surface area contributed by atoms with Crippen LogP contribution in [0, 0.1) is 5.82 Å². The Bertz CT molecular complexity index is 841. The van der Waals surface area contributed by atoms with E-state index in [0.29, 0.717) is 17.6 Å². The molecule has 1 N–H and O–H groups in total. The van der Waals surface area contributed by atoms with Crippen molar-refractivity contribution in [3.63, 3.8) is 0 Å². The average Bonchev–Trinajstić information content (AvgIpc) is 2.93. The molecule has 1 heterocycles. The van der Waals surface area contributed by atoms with Crippen molar-refractivity contribution >= 4 is 22.5 Å². The number of nitrogens with one attached hydrogen (secondary N) is 1. The van der Waals surface area contributed by atoms with Crippen molar-refractivity contribution in [2.75, 3.05) is 0 Å². The van der Waals surface area contributed by atoms with Crippen molar-refractivity contribution in [1.82, 2.24) is 9.88 Å². The Morgan fingerprint density at radius 3 is 2.71 bits per heavy atom. The molecule has 24 heavy (non-hydrogen) atoms. The maximum absolute atomic E-state index is 13.3. The lowest BCUT2D eigenvalue weighted by atomic mass is 10.1. The van der Waals surface area contributed by atoms with Crippen molar-refractivity contribution in [3.05, 3.63) is 70.6 Å². The first-order valence-corrected chi connectivity index (χ1v) is 8.70. The summed E-state index contributed by atoms with van der Waals surface area (Å²) in [6.07, 6.45) is 3.27. The molecule has 0 amide bonds. The fraction of sp³-hybridized carbons (Fsp3) is 0.300. The normalized spacial score (nSPS) is 12.7. The number of hydrogen-bond acceptors (Lipinski definition) is 1. The standard InChI is InChI=1S/C20H22ClFN2/c1-3-14(2)23-11-16-13-24(20-7-5-4-6-18(16)20)12-15-8-9-17(22)10-19(15)21/h4-10,13-14,23H,3,11-12H2,1-2H3/t14-/m0/s1. The number of para-hydroxylation sites is 1. The molecule has 0 bridgehead atoms. The van der Waals surface area contributed by atoms with Gasteiger partial charge >= 0.3 is 0 Å². The Labute approximate surface area is 147 Å². The van der Waals surface area contributed by atoms with E-state index in [-0.39, 0.29) is 5.82 Å². The number of hydrogen-bond donors (Lipinski definition) is 1. The predicted octanol–water partition coefficient (Wildman–Crippen LogP) is 5.37. The van der Waals surface area contributed by atoms with Crippen molar-refractivity contribution in [1.29, 1.82) is 0 Å². The van der Waals surface area contributed by atoms with E-state index in [9.17, 15) is 4.39 Å². The minimum absolute atomic E-state index is 0.306. The van der Waals surface area contributed by atoms with Gasteiger partial charge in [-0.1, -0.05) is 42.8 Å². The molecule has 2 aromatic carbocycles. The minimum Gasteiger partial charge on any atom is -0.343 e. The maximum atomic E-state index is 13.3. The smallest absolute Gasteiger partial charge is 0.124 e. The summed E-state index contributed by atoms with van der Waals surface area (Å²) in [5.74, 6) is -0.306. The highest BCUT2D eigenvalue weighted by Crippen LogP contribution is 2.25. The van der Waals surface area contributed by atoms with Crippen LogP contribution < -0.4 is 5.32 Å². The number of nitrogens with zero attached hydrogens (tertiary/aromatic N) is 1. The van der Waals surface area contributed by atoms with Gasteiger partial charge in [-0.2, -0.15) is 0 Å². The van der Waals surface area contributed by atoms with Crippen LogP contribution in [-0.2, 0) is 13.1 Å². The molecular weight excluding hydrogens is 323 g/mol. The third-order valence-corrected chi connectivity index (χ3v) is 4.83. The highest BCUT2D eigenvalue weighted by atomic mass is 35.5. The molecule has 4 heteroatoms. The molecule has 0 aliphatic carbocycles. The molecule has 1 aromatic heterocycles. The highest BCUT2D eigenvalue weighted by molar-refractivity contribution is 6.31. The largest absolute Gasteiger partial charge is 0.343 e. The van der Waals surface area contributed by atoms with Crippen molar-refractivity contribution in [2.45, 2.75) is 39.4 Å². The molecule has 3 aromatic rings. The van der Waals surface area contributed by atoms with E-state index in [2.05, 4.69) is 48.1 Å². The Morgan fingerprint density at radius 2 is 1.96 bits per heavy atom. The Balaban J connectivity index is 1.93. The van der Waals surface area contributed by atoms with Crippen molar-refractivity contribution < 1.29 is 4.39 Å². The molecule has 126 valence electrons. The molecule has 0 saturated carbocycles. The maximum Gasteiger partial charge on any atom is 0.124 e. The van der Waals surface area contributed by atoms with E-state index in [1.807, 2.05) is 6.07 Å². The predicted molar refractivity (Wildman–Crippen MR) is 99.0 cm³/mol. The third kappa shape index (κ3) is 3.63. The molecule has 1 atom stereocenters. The molecule has 2 nitrogen and oxygen atoms in total. The van der Waals surface area contributed by atoms with Crippen LogP contribution in [0.3, 0.4) is 0 Å². The van der Waals surface area contributed by atoms with Gasteiger partial charge in [-0.15, -0.1) is 0 Å².